The van der Waals surface area contributed by atoms with Crippen LogP contribution in [0.15, 0.2) is 24.0 Å². The molecule has 1 saturated heterocycles. The number of methoxy groups -OCH3 is 1. The summed E-state index contributed by atoms with van der Waals surface area (Å²) in [6, 6.07) is 0.182. The molecule has 0 N–H and O–H groups in total. The summed E-state index contributed by atoms with van der Waals surface area (Å²) in [6.45, 7) is 1.30. The molecule has 6 heteroatoms. The Hall–Kier alpha value is -1.24. The zero-order chi connectivity index (χ0) is 11.7. The maximum Gasteiger partial charge on any atom is 0.169 e. The van der Waals surface area contributed by atoms with Gasteiger partial charge in [0, 0.05) is 31.1 Å². The first-order valence-corrected chi connectivity index (χ1v) is 6.31. The maximum atomic E-state index is 5.47. The Morgan fingerprint density at radius 3 is 3.12 bits per heavy atom. The Kier molecular flexibility index (Phi) is 2.92. The first kappa shape index (κ1) is 10.9. The lowest BCUT2D eigenvalue weighted by Gasteiger charge is -2.19. The predicted molar refractivity (Wildman–Crippen MR) is 64.0 cm³/mol. The molecule has 1 aliphatic heterocycles. The van der Waals surface area contributed by atoms with E-state index < -0.39 is 0 Å². The van der Waals surface area contributed by atoms with Crippen LogP contribution in [0.25, 0.3) is 10.8 Å². The summed E-state index contributed by atoms with van der Waals surface area (Å²) in [7, 11) is 1.71. The molecule has 2 aromatic heterocycles. The van der Waals surface area contributed by atoms with Gasteiger partial charge in [0.1, 0.15) is 6.10 Å². The predicted octanol–water partition coefficient (Wildman–Crippen LogP) is 1.59. The van der Waals surface area contributed by atoms with Crippen LogP contribution in [0.2, 0.25) is 0 Å². The molecule has 0 saturated carbocycles. The number of thiazole rings is 1. The lowest BCUT2D eigenvalue weighted by molar-refractivity contribution is 0.0688. The van der Waals surface area contributed by atoms with Crippen molar-refractivity contribution in [1.29, 1.82) is 0 Å². The minimum atomic E-state index is 0.0860. The van der Waals surface area contributed by atoms with Crippen LogP contribution in [0.3, 0.4) is 0 Å². The van der Waals surface area contributed by atoms with E-state index >= 15 is 0 Å². The Morgan fingerprint density at radius 1 is 1.41 bits per heavy atom. The highest BCUT2D eigenvalue weighted by atomic mass is 32.1. The normalized spacial score (nSPS) is 24.3. The lowest BCUT2D eigenvalue weighted by atomic mass is 10.2. The van der Waals surface area contributed by atoms with E-state index in [9.17, 15) is 0 Å². The highest BCUT2D eigenvalue weighted by Crippen LogP contribution is 2.28. The summed E-state index contributed by atoms with van der Waals surface area (Å²) in [5.41, 5.74) is 0. The third-order valence-electron chi connectivity index (χ3n) is 2.95. The van der Waals surface area contributed by atoms with E-state index in [1.807, 2.05) is 11.6 Å². The van der Waals surface area contributed by atoms with Gasteiger partial charge in [0.2, 0.25) is 0 Å². The van der Waals surface area contributed by atoms with Crippen LogP contribution in [-0.4, -0.2) is 41.0 Å². The molecule has 5 nitrogen and oxygen atoms in total. The Morgan fingerprint density at radius 2 is 2.35 bits per heavy atom. The fourth-order valence-electron chi connectivity index (χ4n) is 2.09. The summed E-state index contributed by atoms with van der Waals surface area (Å²) in [5, 5.41) is 2.88. The summed E-state index contributed by atoms with van der Waals surface area (Å²) >= 11 is 1.59. The molecule has 90 valence electrons. The number of imidazole rings is 1. The molecular formula is C11H13N3O2S. The topological polar surface area (TPSA) is 49.2 Å². The van der Waals surface area contributed by atoms with E-state index in [1.165, 1.54) is 0 Å². The van der Waals surface area contributed by atoms with Crippen LogP contribution >= 0.6 is 11.3 Å². The van der Waals surface area contributed by atoms with Gasteiger partial charge in [-0.25, -0.2) is 9.97 Å². The van der Waals surface area contributed by atoms with Gasteiger partial charge in [0.05, 0.1) is 19.3 Å². The van der Waals surface area contributed by atoms with Gasteiger partial charge in [-0.15, -0.1) is 11.3 Å². The van der Waals surface area contributed by atoms with Crippen molar-refractivity contribution in [2.45, 2.75) is 12.1 Å². The highest BCUT2D eigenvalue weighted by Gasteiger charge is 2.31. The number of hydrogen-bond acceptors (Lipinski definition) is 5. The van der Waals surface area contributed by atoms with E-state index in [0.29, 0.717) is 13.2 Å². The van der Waals surface area contributed by atoms with E-state index in [1.54, 1.807) is 30.8 Å². The molecule has 0 radical (unpaired) electrons. The second-order valence-corrected chi connectivity index (χ2v) is 4.77. The summed E-state index contributed by atoms with van der Waals surface area (Å²) in [5.74, 6) is 0.887. The molecule has 0 amide bonds. The number of nitrogens with zero attached hydrogens (tertiary/aromatic N) is 3. The van der Waals surface area contributed by atoms with Crippen LogP contribution in [0.5, 0.6) is 0 Å². The molecule has 0 unspecified atom stereocenters. The van der Waals surface area contributed by atoms with E-state index in [4.69, 9.17) is 9.47 Å². The van der Waals surface area contributed by atoms with Crippen molar-refractivity contribution in [1.82, 2.24) is 14.5 Å². The fourth-order valence-corrected chi connectivity index (χ4v) is 2.72. The number of ether oxygens (including phenoxy) is 2. The molecule has 1 aliphatic rings. The average Bonchev–Trinajstić information content (AvgIpc) is 3.09. The molecule has 3 rings (SSSR count). The summed E-state index contributed by atoms with van der Waals surface area (Å²) in [4.78, 5) is 8.67. The van der Waals surface area contributed by atoms with E-state index in [-0.39, 0.29) is 12.1 Å². The summed E-state index contributed by atoms with van der Waals surface area (Å²) in [6.07, 6.45) is 5.63. The largest absolute Gasteiger partial charge is 0.377 e. The Labute approximate surface area is 103 Å². The first-order chi connectivity index (χ1) is 8.40. The molecule has 17 heavy (non-hydrogen) atoms. The quantitative estimate of drug-likeness (QED) is 0.831. The van der Waals surface area contributed by atoms with Gasteiger partial charge < -0.3 is 14.0 Å². The molecule has 3 heterocycles. The van der Waals surface area contributed by atoms with Crippen molar-refractivity contribution < 1.29 is 9.47 Å². The third kappa shape index (κ3) is 1.88. The number of rotatable bonds is 3. The molecular weight excluding hydrogens is 238 g/mol. The molecule has 0 aliphatic carbocycles. The van der Waals surface area contributed by atoms with Crippen LogP contribution in [0.1, 0.15) is 6.04 Å². The van der Waals surface area contributed by atoms with Crippen molar-refractivity contribution in [3.63, 3.8) is 0 Å². The smallest absolute Gasteiger partial charge is 0.169 e. The van der Waals surface area contributed by atoms with Gasteiger partial charge >= 0.3 is 0 Å². The number of aromatic nitrogens is 3. The third-order valence-corrected chi connectivity index (χ3v) is 3.72. The second kappa shape index (κ2) is 4.56. The van der Waals surface area contributed by atoms with Gasteiger partial charge in [-0.3, -0.25) is 0 Å². The van der Waals surface area contributed by atoms with Gasteiger partial charge in [-0.2, -0.15) is 0 Å². The first-order valence-electron chi connectivity index (χ1n) is 5.43. The van der Waals surface area contributed by atoms with E-state index in [0.717, 1.165) is 10.8 Å². The second-order valence-electron chi connectivity index (χ2n) is 3.87. The zero-order valence-electron chi connectivity index (χ0n) is 9.44. The number of hydrogen-bond donors (Lipinski definition) is 0. The van der Waals surface area contributed by atoms with E-state index in [2.05, 4.69) is 14.5 Å². The average molecular weight is 251 g/mol. The monoisotopic (exact) mass is 251 g/mol. The molecule has 0 spiro atoms. The van der Waals surface area contributed by atoms with Crippen molar-refractivity contribution in [2.24, 2.45) is 0 Å². The van der Waals surface area contributed by atoms with Crippen molar-refractivity contribution >= 4 is 11.3 Å². The van der Waals surface area contributed by atoms with Crippen LogP contribution in [0.4, 0.5) is 0 Å². The molecule has 2 atom stereocenters. The minimum absolute atomic E-state index is 0.0860. The maximum absolute atomic E-state index is 5.47. The van der Waals surface area contributed by atoms with Crippen LogP contribution < -0.4 is 0 Å². The van der Waals surface area contributed by atoms with Gasteiger partial charge in [0.25, 0.3) is 0 Å². The van der Waals surface area contributed by atoms with Crippen molar-refractivity contribution in [3.8, 4) is 10.8 Å². The van der Waals surface area contributed by atoms with Crippen molar-refractivity contribution in [2.75, 3.05) is 20.3 Å². The lowest BCUT2D eigenvalue weighted by Crippen LogP contribution is -2.24. The molecule has 0 aromatic carbocycles. The molecule has 0 bridgehead atoms. The zero-order valence-corrected chi connectivity index (χ0v) is 10.3. The fraction of sp³-hybridized carbons (Fsp3) is 0.455. The summed E-state index contributed by atoms with van der Waals surface area (Å²) < 4.78 is 13.0. The van der Waals surface area contributed by atoms with Gasteiger partial charge in [-0.05, 0) is 0 Å². The van der Waals surface area contributed by atoms with Gasteiger partial charge in [0.15, 0.2) is 10.8 Å². The SMILES string of the molecule is CO[C@H]1COC[C@@H]1n1ccnc1-c1nccs1. The minimum Gasteiger partial charge on any atom is -0.377 e. The molecule has 2 aromatic rings. The van der Waals surface area contributed by atoms with Crippen LogP contribution in [-0.2, 0) is 9.47 Å². The highest BCUT2D eigenvalue weighted by molar-refractivity contribution is 7.13. The van der Waals surface area contributed by atoms with Crippen molar-refractivity contribution in [3.05, 3.63) is 24.0 Å². The Balaban J connectivity index is 1.96. The van der Waals surface area contributed by atoms with Gasteiger partial charge in [-0.1, -0.05) is 0 Å². The molecule has 1 fully saturated rings. The Bertz CT molecular complexity index is 483. The van der Waals surface area contributed by atoms with Crippen LogP contribution in [0, 0.1) is 0 Å². The standard InChI is InChI=1S/C11H13N3O2S/c1-15-9-7-16-6-8(9)14-4-2-12-10(14)11-13-3-5-17-11/h2-5,8-9H,6-7H2,1H3/t8-,9-/m0/s1.